The van der Waals surface area contributed by atoms with Crippen LogP contribution in [0.2, 0.25) is 5.02 Å². The number of benzene rings is 1. The van der Waals surface area contributed by atoms with E-state index in [9.17, 15) is 9.50 Å². The molecule has 0 heterocycles. The fourth-order valence-corrected chi connectivity index (χ4v) is 1.22. The van der Waals surface area contributed by atoms with Crippen LogP contribution in [0, 0.1) is 5.82 Å². The molecule has 1 unspecified atom stereocenters. The predicted octanol–water partition coefficient (Wildman–Crippen LogP) is 4.06. The van der Waals surface area contributed by atoms with Gasteiger partial charge in [0.1, 0.15) is 11.9 Å². The summed E-state index contributed by atoms with van der Waals surface area (Å²) < 4.78 is 13.2. The van der Waals surface area contributed by atoms with Gasteiger partial charge in [0.25, 0.3) is 0 Å². The summed E-state index contributed by atoms with van der Waals surface area (Å²) in [4.78, 5) is 0. The highest BCUT2D eigenvalue weighted by atomic mass is 35.5. The largest absolute Gasteiger partial charge is 0.384 e. The first kappa shape index (κ1) is 14.6. The van der Waals surface area contributed by atoms with Crippen LogP contribution in [-0.2, 0) is 0 Å². The first-order valence-electron chi connectivity index (χ1n) is 4.50. The van der Waals surface area contributed by atoms with Crippen LogP contribution in [0.1, 0.15) is 11.7 Å². The van der Waals surface area contributed by atoms with Crippen LogP contribution in [-0.4, -0.2) is 5.11 Å². The lowest BCUT2D eigenvalue weighted by atomic mass is 10.0. The van der Waals surface area contributed by atoms with Gasteiger partial charge in [-0.1, -0.05) is 30.8 Å². The van der Waals surface area contributed by atoms with Gasteiger partial charge in [0.15, 0.2) is 0 Å². The molecule has 0 aliphatic heterocycles. The summed E-state index contributed by atoms with van der Waals surface area (Å²) in [6.45, 7) is 13.0. The Kier molecular flexibility index (Phi) is 6.38. The van der Waals surface area contributed by atoms with E-state index in [0.29, 0.717) is 10.6 Å². The standard InChI is InChI=1S/C11H10ClFO.C2H4/c1-3-7(2)11(14)9-6-8(12)4-5-10(9)13;1-2/h3-6,11,14H,1-2H2;1-2H2. The van der Waals surface area contributed by atoms with Crippen LogP contribution in [0.5, 0.6) is 0 Å². The zero-order chi connectivity index (χ0) is 12.7. The molecule has 0 spiro atoms. The summed E-state index contributed by atoms with van der Waals surface area (Å²) in [5, 5.41) is 10.00. The van der Waals surface area contributed by atoms with Gasteiger partial charge in [-0.05, 0) is 23.8 Å². The summed E-state index contributed by atoms with van der Waals surface area (Å²) in [5.41, 5.74) is 0.452. The van der Waals surface area contributed by atoms with Crippen LogP contribution >= 0.6 is 11.6 Å². The van der Waals surface area contributed by atoms with Gasteiger partial charge in [0.2, 0.25) is 0 Å². The summed E-state index contributed by atoms with van der Waals surface area (Å²) >= 11 is 5.68. The van der Waals surface area contributed by atoms with Crippen molar-refractivity contribution in [2.75, 3.05) is 0 Å². The minimum atomic E-state index is -1.09. The fourth-order valence-electron chi connectivity index (χ4n) is 1.04. The van der Waals surface area contributed by atoms with Crippen LogP contribution in [0.3, 0.4) is 0 Å². The van der Waals surface area contributed by atoms with Gasteiger partial charge >= 0.3 is 0 Å². The Bertz CT molecular complexity index is 388. The fraction of sp³-hybridized carbons (Fsp3) is 0.0769. The van der Waals surface area contributed by atoms with Gasteiger partial charge in [-0.25, -0.2) is 4.39 Å². The third-order valence-electron chi connectivity index (χ3n) is 1.87. The van der Waals surface area contributed by atoms with Crippen molar-refractivity contribution in [1.82, 2.24) is 0 Å². The Morgan fingerprint density at radius 1 is 1.44 bits per heavy atom. The van der Waals surface area contributed by atoms with Crippen molar-refractivity contribution in [2.45, 2.75) is 6.10 Å². The SMILES string of the molecule is C=C.C=CC(=C)C(O)c1cc(Cl)ccc1F. The minimum Gasteiger partial charge on any atom is -0.384 e. The van der Waals surface area contributed by atoms with E-state index in [-0.39, 0.29) is 5.56 Å². The minimum absolute atomic E-state index is 0.113. The molecule has 0 saturated heterocycles. The Hall–Kier alpha value is -1.38. The van der Waals surface area contributed by atoms with Crippen molar-refractivity contribution >= 4 is 11.6 Å². The molecule has 16 heavy (non-hydrogen) atoms. The lowest BCUT2D eigenvalue weighted by Crippen LogP contribution is -2.01. The molecule has 0 aromatic heterocycles. The topological polar surface area (TPSA) is 20.2 Å². The van der Waals surface area contributed by atoms with Gasteiger partial charge in [0.05, 0.1) is 0 Å². The maximum absolute atomic E-state index is 13.2. The third kappa shape index (κ3) is 3.65. The van der Waals surface area contributed by atoms with E-state index in [4.69, 9.17) is 11.6 Å². The Morgan fingerprint density at radius 3 is 2.50 bits per heavy atom. The highest BCUT2D eigenvalue weighted by Crippen LogP contribution is 2.26. The van der Waals surface area contributed by atoms with E-state index in [1.54, 1.807) is 0 Å². The predicted molar refractivity (Wildman–Crippen MR) is 67.0 cm³/mol. The van der Waals surface area contributed by atoms with Crippen molar-refractivity contribution in [3.8, 4) is 0 Å². The van der Waals surface area contributed by atoms with E-state index in [1.807, 2.05) is 0 Å². The van der Waals surface area contributed by atoms with E-state index in [2.05, 4.69) is 26.3 Å². The maximum Gasteiger partial charge on any atom is 0.129 e. The van der Waals surface area contributed by atoms with E-state index in [0.717, 1.165) is 0 Å². The molecule has 1 rings (SSSR count). The first-order chi connectivity index (χ1) is 7.56. The van der Waals surface area contributed by atoms with Gasteiger partial charge < -0.3 is 5.11 Å². The highest BCUT2D eigenvalue weighted by Gasteiger charge is 2.14. The molecule has 1 aromatic carbocycles. The highest BCUT2D eigenvalue weighted by molar-refractivity contribution is 6.30. The second kappa shape index (κ2) is 6.99. The van der Waals surface area contributed by atoms with Crippen molar-refractivity contribution < 1.29 is 9.50 Å². The number of aliphatic hydroxyl groups is 1. The van der Waals surface area contributed by atoms with Crippen molar-refractivity contribution in [2.24, 2.45) is 0 Å². The molecule has 0 fully saturated rings. The van der Waals surface area contributed by atoms with Gasteiger partial charge in [0, 0.05) is 10.6 Å². The molecule has 86 valence electrons. The van der Waals surface area contributed by atoms with Gasteiger partial charge in [-0.15, -0.1) is 13.2 Å². The molecule has 0 aliphatic carbocycles. The number of hydrogen-bond donors (Lipinski definition) is 1. The zero-order valence-corrected chi connectivity index (χ0v) is 9.67. The molecule has 0 radical (unpaired) electrons. The van der Waals surface area contributed by atoms with E-state index < -0.39 is 11.9 Å². The van der Waals surface area contributed by atoms with E-state index in [1.165, 1.54) is 24.3 Å². The Morgan fingerprint density at radius 2 is 2.00 bits per heavy atom. The maximum atomic E-state index is 13.2. The van der Waals surface area contributed by atoms with Crippen LogP contribution in [0.25, 0.3) is 0 Å². The Labute approximate surface area is 100 Å². The summed E-state index contributed by atoms with van der Waals surface area (Å²) in [5.74, 6) is -0.509. The molecule has 0 saturated carbocycles. The first-order valence-corrected chi connectivity index (χ1v) is 4.88. The molecule has 1 atom stereocenters. The van der Waals surface area contributed by atoms with Crippen LogP contribution in [0.4, 0.5) is 4.39 Å². The molecule has 0 bridgehead atoms. The lowest BCUT2D eigenvalue weighted by molar-refractivity contribution is 0.215. The molecular weight excluding hydrogens is 227 g/mol. The summed E-state index contributed by atoms with van der Waals surface area (Å²) in [6, 6.07) is 4.00. The number of halogens is 2. The number of aliphatic hydroxyl groups excluding tert-OH is 1. The molecule has 1 nitrogen and oxygen atoms in total. The molecule has 0 aliphatic rings. The average Bonchev–Trinajstić information content (AvgIpc) is 2.33. The number of rotatable bonds is 3. The molecule has 0 amide bonds. The van der Waals surface area contributed by atoms with Gasteiger partial charge in [-0.3, -0.25) is 0 Å². The second-order valence-corrected chi connectivity index (χ2v) is 3.28. The Balaban J connectivity index is 0.00000106. The third-order valence-corrected chi connectivity index (χ3v) is 2.10. The zero-order valence-electron chi connectivity index (χ0n) is 8.92. The van der Waals surface area contributed by atoms with E-state index >= 15 is 0 Å². The van der Waals surface area contributed by atoms with Crippen molar-refractivity contribution in [3.05, 3.63) is 72.6 Å². The quantitative estimate of drug-likeness (QED) is 0.624. The average molecular weight is 241 g/mol. The van der Waals surface area contributed by atoms with Crippen LogP contribution < -0.4 is 0 Å². The molecule has 1 aromatic rings. The molecule has 3 heteroatoms. The lowest BCUT2D eigenvalue weighted by Gasteiger charge is -2.12. The van der Waals surface area contributed by atoms with Crippen LogP contribution in [0.15, 0.2) is 56.2 Å². The summed E-state index contributed by atoms with van der Waals surface area (Å²) in [6.07, 6.45) is 0.288. The summed E-state index contributed by atoms with van der Waals surface area (Å²) in [7, 11) is 0. The smallest absolute Gasteiger partial charge is 0.129 e. The number of hydrogen-bond acceptors (Lipinski definition) is 1. The monoisotopic (exact) mass is 240 g/mol. The van der Waals surface area contributed by atoms with Crippen molar-refractivity contribution in [3.63, 3.8) is 0 Å². The molecule has 1 N–H and O–H groups in total. The normalized spacial score (nSPS) is 10.9. The molecular formula is C13H14ClFO. The second-order valence-electron chi connectivity index (χ2n) is 2.85. The van der Waals surface area contributed by atoms with Gasteiger partial charge in [-0.2, -0.15) is 0 Å². The van der Waals surface area contributed by atoms with Crippen molar-refractivity contribution in [1.29, 1.82) is 0 Å².